The van der Waals surface area contributed by atoms with Gasteiger partial charge < -0.3 is 29.9 Å². The Balaban J connectivity index is 1.39. The SMILES string of the molecule is Cc1ccc(C(=O)Nc2cc(N3CCN(C)CC3)cc(C(F)(F)F)c2)cc1Oc1ncnc2c1OCC(C)(C)N2. The van der Waals surface area contributed by atoms with Crippen molar-refractivity contribution in [3.8, 4) is 17.4 Å². The molecule has 0 radical (unpaired) electrons. The Morgan fingerprint density at radius 2 is 1.85 bits per heavy atom. The highest BCUT2D eigenvalue weighted by atomic mass is 19.4. The van der Waals surface area contributed by atoms with Gasteiger partial charge in [-0.1, -0.05) is 6.07 Å². The molecule has 5 rings (SSSR count). The third-order valence-corrected chi connectivity index (χ3v) is 6.83. The molecule has 0 spiro atoms. The Morgan fingerprint density at radius 3 is 2.58 bits per heavy atom. The summed E-state index contributed by atoms with van der Waals surface area (Å²) in [5, 5.41) is 5.91. The molecule has 212 valence electrons. The molecule has 40 heavy (non-hydrogen) atoms. The molecule has 2 aliphatic heterocycles. The lowest BCUT2D eigenvalue weighted by Crippen LogP contribution is -2.44. The van der Waals surface area contributed by atoms with Crippen LogP contribution in [-0.4, -0.2) is 66.1 Å². The van der Waals surface area contributed by atoms with Gasteiger partial charge in [-0.15, -0.1) is 0 Å². The first kappa shape index (κ1) is 27.5. The van der Waals surface area contributed by atoms with Gasteiger partial charge in [0, 0.05) is 43.1 Å². The minimum Gasteiger partial charge on any atom is -0.483 e. The van der Waals surface area contributed by atoms with Gasteiger partial charge in [0.25, 0.3) is 11.8 Å². The van der Waals surface area contributed by atoms with Gasteiger partial charge in [-0.3, -0.25) is 4.79 Å². The van der Waals surface area contributed by atoms with Crippen molar-refractivity contribution in [1.82, 2.24) is 14.9 Å². The van der Waals surface area contributed by atoms with Crippen molar-refractivity contribution in [2.45, 2.75) is 32.5 Å². The summed E-state index contributed by atoms with van der Waals surface area (Å²) < 4.78 is 53.1. The van der Waals surface area contributed by atoms with Gasteiger partial charge in [0.1, 0.15) is 18.7 Å². The molecule has 2 N–H and O–H groups in total. The second-order valence-corrected chi connectivity index (χ2v) is 10.7. The number of fused-ring (bicyclic) bond motifs is 1. The highest BCUT2D eigenvalue weighted by Crippen LogP contribution is 2.40. The lowest BCUT2D eigenvalue weighted by atomic mass is 10.1. The molecule has 0 saturated carbocycles. The van der Waals surface area contributed by atoms with E-state index in [0.29, 0.717) is 42.7 Å². The van der Waals surface area contributed by atoms with Crippen LogP contribution in [0, 0.1) is 6.92 Å². The Hall–Kier alpha value is -4.06. The molecule has 0 unspecified atom stereocenters. The molecule has 1 saturated heterocycles. The molecule has 1 fully saturated rings. The van der Waals surface area contributed by atoms with E-state index in [9.17, 15) is 18.0 Å². The summed E-state index contributed by atoms with van der Waals surface area (Å²) in [7, 11) is 1.97. The number of nitrogens with one attached hydrogen (secondary N) is 2. The fraction of sp³-hybridized carbons (Fsp3) is 0.393. The van der Waals surface area contributed by atoms with Crippen molar-refractivity contribution in [1.29, 1.82) is 0 Å². The summed E-state index contributed by atoms with van der Waals surface area (Å²) in [6.45, 7) is 8.78. The molecule has 0 bridgehead atoms. The van der Waals surface area contributed by atoms with E-state index in [-0.39, 0.29) is 22.7 Å². The zero-order chi connectivity index (χ0) is 28.7. The van der Waals surface area contributed by atoms with E-state index < -0.39 is 17.6 Å². The number of aryl methyl sites for hydroxylation is 1. The summed E-state index contributed by atoms with van der Waals surface area (Å²) >= 11 is 0. The number of carbonyl (C=O) groups excluding carboxylic acids is 1. The molecule has 1 amide bonds. The first-order valence-electron chi connectivity index (χ1n) is 12.9. The molecule has 1 aromatic heterocycles. The van der Waals surface area contributed by atoms with Crippen LogP contribution in [0.25, 0.3) is 0 Å². The molecular weight excluding hydrogens is 525 g/mol. The van der Waals surface area contributed by atoms with Crippen LogP contribution in [0.5, 0.6) is 17.4 Å². The lowest BCUT2D eigenvalue weighted by Gasteiger charge is -2.34. The first-order chi connectivity index (χ1) is 18.9. The van der Waals surface area contributed by atoms with Gasteiger partial charge >= 0.3 is 6.18 Å². The van der Waals surface area contributed by atoms with Gasteiger partial charge in [-0.2, -0.15) is 18.2 Å². The number of rotatable bonds is 5. The van der Waals surface area contributed by atoms with E-state index in [1.54, 1.807) is 18.2 Å². The molecule has 3 heterocycles. The van der Waals surface area contributed by atoms with Gasteiger partial charge in [0.05, 0.1) is 11.1 Å². The summed E-state index contributed by atoms with van der Waals surface area (Å²) in [5.74, 6) is 0.815. The number of halogens is 3. The molecule has 2 aliphatic rings. The number of hydrogen-bond acceptors (Lipinski definition) is 8. The maximum Gasteiger partial charge on any atom is 0.416 e. The monoisotopic (exact) mass is 556 g/mol. The van der Waals surface area contributed by atoms with Crippen molar-refractivity contribution >= 4 is 23.1 Å². The number of anilines is 3. The van der Waals surface area contributed by atoms with Crippen molar-refractivity contribution < 1.29 is 27.4 Å². The minimum absolute atomic E-state index is 0.0590. The van der Waals surface area contributed by atoms with Crippen LogP contribution in [0.1, 0.15) is 35.3 Å². The highest BCUT2D eigenvalue weighted by Gasteiger charge is 2.33. The summed E-state index contributed by atoms with van der Waals surface area (Å²) in [6, 6.07) is 8.45. The lowest BCUT2D eigenvalue weighted by molar-refractivity contribution is -0.137. The third-order valence-electron chi connectivity index (χ3n) is 6.83. The Labute approximate surface area is 230 Å². The number of piperazine rings is 1. The Kier molecular flexibility index (Phi) is 7.21. The predicted octanol–water partition coefficient (Wildman–Crippen LogP) is 5.18. The van der Waals surface area contributed by atoms with Crippen molar-refractivity contribution in [2.24, 2.45) is 0 Å². The van der Waals surface area contributed by atoms with E-state index in [4.69, 9.17) is 9.47 Å². The second-order valence-electron chi connectivity index (χ2n) is 10.7. The number of alkyl halides is 3. The summed E-state index contributed by atoms with van der Waals surface area (Å²) in [6.07, 6.45) is -3.21. The van der Waals surface area contributed by atoms with E-state index in [1.165, 1.54) is 12.4 Å². The maximum atomic E-state index is 13.7. The topological polar surface area (TPSA) is 91.9 Å². The smallest absolute Gasteiger partial charge is 0.416 e. The Bertz CT molecular complexity index is 1420. The standard InChI is InChI=1S/C28H31F3N6O3/c1-17-5-6-18(11-22(17)40-26-23-24(32-16-33-26)35-27(2,3)15-39-23)25(38)34-20-12-19(28(29,30)31)13-21(14-20)37-9-7-36(4)8-10-37/h5-6,11-14,16H,7-10,15H2,1-4H3,(H,34,38)(H,32,33,35). The van der Waals surface area contributed by atoms with Crippen LogP contribution >= 0.6 is 0 Å². The molecule has 9 nitrogen and oxygen atoms in total. The minimum atomic E-state index is -4.56. The average Bonchev–Trinajstić information content (AvgIpc) is 2.89. The quantitative estimate of drug-likeness (QED) is 0.444. The van der Waals surface area contributed by atoms with Crippen molar-refractivity contribution in [3.05, 3.63) is 59.4 Å². The normalized spacial score (nSPS) is 16.9. The average molecular weight is 557 g/mol. The van der Waals surface area contributed by atoms with Crippen LogP contribution in [0.4, 0.5) is 30.4 Å². The van der Waals surface area contributed by atoms with Gasteiger partial charge in [0.15, 0.2) is 5.82 Å². The van der Waals surface area contributed by atoms with Crippen molar-refractivity contribution in [3.63, 3.8) is 0 Å². The number of likely N-dealkylation sites (N-methyl/N-ethyl adjacent to an activating group) is 1. The number of ether oxygens (including phenoxy) is 2. The molecule has 0 aliphatic carbocycles. The van der Waals surface area contributed by atoms with Crippen LogP contribution in [0.3, 0.4) is 0 Å². The van der Waals surface area contributed by atoms with E-state index in [1.807, 2.05) is 32.7 Å². The van der Waals surface area contributed by atoms with E-state index in [2.05, 4.69) is 25.5 Å². The van der Waals surface area contributed by atoms with Crippen molar-refractivity contribution in [2.75, 3.05) is 55.4 Å². The second kappa shape index (κ2) is 10.5. The zero-order valence-electron chi connectivity index (χ0n) is 22.7. The Morgan fingerprint density at radius 1 is 1.10 bits per heavy atom. The van der Waals surface area contributed by atoms with Gasteiger partial charge in [0.2, 0.25) is 5.75 Å². The van der Waals surface area contributed by atoms with E-state index in [0.717, 1.165) is 30.8 Å². The molecule has 0 atom stereocenters. The molecular formula is C28H31F3N6O3. The fourth-order valence-electron chi connectivity index (χ4n) is 4.51. The number of nitrogens with zero attached hydrogens (tertiary/aromatic N) is 4. The summed E-state index contributed by atoms with van der Waals surface area (Å²) in [5.41, 5.74) is 0.268. The number of aromatic nitrogens is 2. The van der Waals surface area contributed by atoms with Crippen LogP contribution in [0.15, 0.2) is 42.7 Å². The fourth-order valence-corrected chi connectivity index (χ4v) is 4.51. The van der Waals surface area contributed by atoms with Crippen LogP contribution in [-0.2, 0) is 6.18 Å². The van der Waals surface area contributed by atoms with Gasteiger partial charge in [-0.05, 0) is 63.7 Å². The summed E-state index contributed by atoms with van der Waals surface area (Å²) in [4.78, 5) is 25.6. The van der Waals surface area contributed by atoms with Crippen LogP contribution in [0.2, 0.25) is 0 Å². The maximum absolute atomic E-state index is 13.7. The number of amides is 1. The van der Waals surface area contributed by atoms with Gasteiger partial charge in [-0.25, -0.2) is 4.98 Å². The highest BCUT2D eigenvalue weighted by molar-refractivity contribution is 6.05. The first-order valence-corrected chi connectivity index (χ1v) is 12.9. The molecule has 2 aromatic carbocycles. The molecule has 12 heteroatoms. The predicted molar refractivity (Wildman–Crippen MR) is 146 cm³/mol. The van der Waals surface area contributed by atoms with E-state index >= 15 is 0 Å². The number of hydrogen-bond donors (Lipinski definition) is 2. The third kappa shape index (κ3) is 6.06. The number of carbonyl (C=O) groups is 1. The van der Waals surface area contributed by atoms with Crippen LogP contribution < -0.4 is 25.0 Å². The molecule has 3 aromatic rings. The largest absolute Gasteiger partial charge is 0.483 e. The zero-order valence-corrected chi connectivity index (χ0v) is 22.7. The number of benzene rings is 2.